The lowest BCUT2D eigenvalue weighted by Gasteiger charge is -2.32. The van der Waals surface area contributed by atoms with Gasteiger partial charge >= 0.3 is 0 Å². The molecule has 6 heteroatoms. The van der Waals surface area contributed by atoms with E-state index in [0.29, 0.717) is 16.8 Å². The average molecular weight is 314 g/mol. The molecule has 1 aromatic rings. The fraction of sp³-hybridized carbons (Fsp3) is 0.562. The maximum Gasteiger partial charge on any atom is 0.240 e. The zero-order chi connectivity index (χ0) is 15.2. The van der Waals surface area contributed by atoms with E-state index >= 15 is 0 Å². The Morgan fingerprint density at radius 2 is 2.18 bits per heavy atom. The number of thioether (sulfide) groups is 1. The SMILES string of the molecule is N#Cc1cncc(C2CCC3SC4(CCNCC4)C(=O)N32)c1. The largest absolute Gasteiger partial charge is 0.322 e. The van der Waals surface area contributed by atoms with Gasteiger partial charge in [-0.2, -0.15) is 5.26 Å². The van der Waals surface area contributed by atoms with Crippen LogP contribution in [0.2, 0.25) is 0 Å². The predicted molar refractivity (Wildman–Crippen MR) is 84.0 cm³/mol. The first kappa shape index (κ1) is 14.0. The van der Waals surface area contributed by atoms with Gasteiger partial charge in [0.2, 0.25) is 5.91 Å². The van der Waals surface area contributed by atoms with Gasteiger partial charge in [-0.1, -0.05) is 0 Å². The second-order valence-corrected chi connectivity index (χ2v) is 7.80. The van der Waals surface area contributed by atoms with Crippen LogP contribution < -0.4 is 5.32 Å². The summed E-state index contributed by atoms with van der Waals surface area (Å²) in [7, 11) is 0. The maximum atomic E-state index is 13.1. The number of hydrogen-bond acceptors (Lipinski definition) is 5. The minimum absolute atomic E-state index is 0.0834. The van der Waals surface area contributed by atoms with Crippen molar-refractivity contribution < 1.29 is 4.79 Å². The van der Waals surface area contributed by atoms with Crippen molar-refractivity contribution in [3.63, 3.8) is 0 Å². The van der Waals surface area contributed by atoms with Gasteiger partial charge in [-0.3, -0.25) is 9.78 Å². The second-order valence-electron chi connectivity index (χ2n) is 6.24. The molecule has 1 N–H and O–H groups in total. The third-order valence-corrected chi connectivity index (χ3v) is 6.77. The second kappa shape index (κ2) is 5.25. The number of nitrogens with one attached hydrogen (secondary N) is 1. The molecular formula is C16H18N4OS. The molecule has 2 unspecified atom stereocenters. The van der Waals surface area contributed by atoms with Crippen LogP contribution in [0.15, 0.2) is 18.5 Å². The first-order chi connectivity index (χ1) is 10.7. The van der Waals surface area contributed by atoms with Crippen molar-refractivity contribution in [2.75, 3.05) is 13.1 Å². The van der Waals surface area contributed by atoms with Crippen molar-refractivity contribution in [3.05, 3.63) is 29.6 Å². The quantitative estimate of drug-likeness (QED) is 0.856. The molecule has 0 aromatic carbocycles. The molecule has 114 valence electrons. The molecule has 1 spiro atoms. The van der Waals surface area contributed by atoms with E-state index in [1.807, 2.05) is 17.8 Å². The molecule has 2 atom stereocenters. The Bertz CT molecular complexity index is 650. The highest BCUT2D eigenvalue weighted by Crippen LogP contribution is 2.54. The highest BCUT2D eigenvalue weighted by molar-refractivity contribution is 8.02. The number of hydrogen-bond donors (Lipinski definition) is 1. The van der Waals surface area contributed by atoms with E-state index in [4.69, 9.17) is 5.26 Å². The highest BCUT2D eigenvalue weighted by Gasteiger charge is 2.56. The topological polar surface area (TPSA) is 69.0 Å². The minimum atomic E-state index is -0.213. The highest BCUT2D eigenvalue weighted by atomic mass is 32.2. The molecule has 4 heterocycles. The van der Waals surface area contributed by atoms with Crippen molar-refractivity contribution in [2.45, 2.75) is 41.8 Å². The summed E-state index contributed by atoms with van der Waals surface area (Å²) in [6.45, 7) is 1.85. The van der Waals surface area contributed by atoms with Gasteiger partial charge in [-0.25, -0.2) is 0 Å². The van der Waals surface area contributed by atoms with E-state index in [-0.39, 0.29) is 10.8 Å². The maximum absolute atomic E-state index is 13.1. The number of piperidine rings is 1. The zero-order valence-corrected chi connectivity index (χ0v) is 13.1. The van der Waals surface area contributed by atoms with Crippen molar-refractivity contribution in [1.29, 1.82) is 5.26 Å². The number of pyridine rings is 1. The number of carbonyl (C=O) groups is 1. The lowest BCUT2D eigenvalue weighted by Crippen LogP contribution is -2.46. The summed E-state index contributed by atoms with van der Waals surface area (Å²) < 4.78 is -0.213. The number of nitriles is 1. The summed E-state index contributed by atoms with van der Waals surface area (Å²) in [6, 6.07) is 4.10. The molecule has 5 nitrogen and oxygen atoms in total. The Labute approximate surface area is 134 Å². The molecule has 22 heavy (non-hydrogen) atoms. The van der Waals surface area contributed by atoms with Crippen LogP contribution in [0.5, 0.6) is 0 Å². The van der Waals surface area contributed by atoms with Crippen LogP contribution in [-0.2, 0) is 4.79 Å². The first-order valence-electron chi connectivity index (χ1n) is 7.80. The number of aromatic nitrogens is 1. The fourth-order valence-electron chi connectivity index (χ4n) is 3.90. The molecular weight excluding hydrogens is 296 g/mol. The summed E-state index contributed by atoms with van der Waals surface area (Å²) in [4.78, 5) is 19.3. The Hall–Kier alpha value is -1.58. The Morgan fingerprint density at radius 1 is 1.36 bits per heavy atom. The number of fused-ring (bicyclic) bond motifs is 1. The van der Waals surface area contributed by atoms with Gasteiger partial charge in [0.1, 0.15) is 6.07 Å². The molecule has 0 saturated carbocycles. The molecule has 3 saturated heterocycles. The molecule has 3 aliphatic rings. The summed E-state index contributed by atoms with van der Waals surface area (Å²) in [5, 5.41) is 12.7. The first-order valence-corrected chi connectivity index (χ1v) is 8.68. The monoisotopic (exact) mass is 314 g/mol. The molecule has 1 amide bonds. The van der Waals surface area contributed by atoms with Crippen LogP contribution in [0.4, 0.5) is 0 Å². The summed E-state index contributed by atoms with van der Waals surface area (Å²) >= 11 is 1.87. The fourth-order valence-corrected chi connectivity index (χ4v) is 5.68. The van der Waals surface area contributed by atoms with Crippen molar-refractivity contribution in [2.24, 2.45) is 0 Å². The zero-order valence-electron chi connectivity index (χ0n) is 12.3. The third kappa shape index (κ3) is 2.03. The Morgan fingerprint density at radius 3 is 2.95 bits per heavy atom. The normalized spacial score (nSPS) is 29.6. The van der Waals surface area contributed by atoms with Gasteiger partial charge < -0.3 is 10.2 Å². The lowest BCUT2D eigenvalue weighted by atomic mass is 9.94. The Kier molecular flexibility index (Phi) is 3.35. The molecule has 0 aliphatic carbocycles. The molecule has 0 bridgehead atoms. The van der Waals surface area contributed by atoms with E-state index < -0.39 is 0 Å². The van der Waals surface area contributed by atoms with E-state index in [1.54, 1.807) is 12.4 Å². The van der Waals surface area contributed by atoms with E-state index in [0.717, 1.165) is 44.3 Å². The molecule has 3 fully saturated rings. The van der Waals surface area contributed by atoms with E-state index in [1.165, 1.54) is 0 Å². The smallest absolute Gasteiger partial charge is 0.240 e. The standard InChI is InChI=1S/C16H18N4OS/c17-8-11-7-12(10-19-9-11)13-1-2-14-20(13)15(21)16(22-14)3-5-18-6-4-16/h7,9-10,13-14,18H,1-6H2. The Balaban J connectivity index is 1.64. The third-order valence-electron chi connectivity index (χ3n) is 5.00. The summed E-state index contributed by atoms with van der Waals surface area (Å²) in [5.74, 6) is 0.300. The van der Waals surface area contributed by atoms with Gasteiger partial charge in [-0.05, 0) is 50.4 Å². The lowest BCUT2D eigenvalue weighted by molar-refractivity contribution is -0.134. The van der Waals surface area contributed by atoms with Gasteiger partial charge in [0.15, 0.2) is 0 Å². The average Bonchev–Trinajstić information content (AvgIpc) is 3.08. The van der Waals surface area contributed by atoms with Crippen LogP contribution >= 0.6 is 11.8 Å². The van der Waals surface area contributed by atoms with Crippen LogP contribution in [-0.4, -0.2) is 39.0 Å². The molecule has 0 radical (unpaired) electrons. The van der Waals surface area contributed by atoms with E-state index in [9.17, 15) is 4.79 Å². The van der Waals surface area contributed by atoms with Crippen molar-refractivity contribution in [1.82, 2.24) is 15.2 Å². The van der Waals surface area contributed by atoms with Crippen LogP contribution in [0.25, 0.3) is 0 Å². The minimum Gasteiger partial charge on any atom is -0.322 e. The van der Waals surface area contributed by atoms with Gasteiger partial charge in [-0.15, -0.1) is 11.8 Å². The van der Waals surface area contributed by atoms with Crippen LogP contribution in [0.3, 0.4) is 0 Å². The number of rotatable bonds is 1. The summed E-state index contributed by atoms with van der Waals surface area (Å²) in [6.07, 6.45) is 7.23. The van der Waals surface area contributed by atoms with E-state index in [2.05, 4.69) is 21.3 Å². The molecule has 3 aliphatic heterocycles. The van der Waals surface area contributed by atoms with Gasteiger partial charge in [0.05, 0.1) is 21.7 Å². The molecule has 1 aromatic heterocycles. The van der Waals surface area contributed by atoms with Gasteiger partial charge in [0.25, 0.3) is 0 Å². The summed E-state index contributed by atoms with van der Waals surface area (Å²) in [5.41, 5.74) is 1.57. The predicted octanol–water partition coefficient (Wildman–Crippen LogP) is 1.81. The number of amides is 1. The van der Waals surface area contributed by atoms with Crippen molar-refractivity contribution >= 4 is 17.7 Å². The number of nitrogens with zero attached hydrogens (tertiary/aromatic N) is 3. The van der Waals surface area contributed by atoms with Crippen LogP contribution in [0.1, 0.15) is 42.9 Å². The van der Waals surface area contributed by atoms with Crippen molar-refractivity contribution in [3.8, 4) is 6.07 Å². The van der Waals surface area contributed by atoms with Crippen LogP contribution in [0, 0.1) is 11.3 Å². The molecule has 4 rings (SSSR count). The number of carbonyl (C=O) groups excluding carboxylic acids is 1. The van der Waals surface area contributed by atoms with Gasteiger partial charge in [0, 0.05) is 12.4 Å².